The number of thiophene rings is 1. The topological polar surface area (TPSA) is 82.3 Å². The fourth-order valence-corrected chi connectivity index (χ4v) is 3.57. The van der Waals surface area contributed by atoms with E-state index >= 15 is 0 Å². The molecule has 114 valence electrons. The first-order chi connectivity index (χ1) is 10.2. The largest absolute Gasteiger partial charge is 0.376 e. The number of rotatable bonds is 5. The summed E-state index contributed by atoms with van der Waals surface area (Å²) < 4.78 is 11.2. The maximum atomic E-state index is 5.68. The maximum Gasteiger partial charge on any atom is 0.158 e. The van der Waals surface area contributed by atoms with Crippen molar-refractivity contribution in [3.05, 3.63) is 16.3 Å². The molecule has 0 amide bonds. The summed E-state index contributed by atoms with van der Waals surface area (Å²) in [5, 5.41) is 1.00. The molecule has 0 aromatic carbocycles. The molecule has 0 radical (unpaired) electrons. The standard InChI is InChI=1S/C14H20N4O2S/c1-8-9(2)21-14-12(8)13(18-15)16-11(17-14)7-19-6-10-4-3-5-20-10/h10H,3-7,15H2,1-2H3,(H,16,17,18). The van der Waals surface area contributed by atoms with Crippen LogP contribution in [0.4, 0.5) is 5.82 Å². The molecule has 1 saturated heterocycles. The van der Waals surface area contributed by atoms with Gasteiger partial charge in [-0.2, -0.15) is 0 Å². The number of hydrogen-bond acceptors (Lipinski definition) is 7. The summed E-state index contributed by atoms with van der Waals surface area (Å²) in [4.78, 5) is 11.2. The molecule has 1 aliphatic rings. The highest BCUT2D eigenvalue weighted by Crippen LogP contribution is 2.32. The summed E-state index contributed by atoms with van der Waals surface area (Å²) in [6, 6.07) is 0. The van der Waals surface area contributed by atoms with E-state index in [0.29, 0.717) is 24.9 Å². The molecule has 3 N–H and O–H groups in total. The summed E-state index contributed by atoms with van der Waals surface area (Å²) in [5.74, 6) is 6.91. The number of ether oxygens (including phenoxy) is 2. The fraction of sp³-hybridized carbons (Fsp3) is 0.571. The highest BCUT2D eigenvalue weighted by Gasteiger charge is 2.17. The molecule has 3 rings (SSSR count). The number of anilines is 1. The number of nitrogen functional groups attached to an aromatic ring is 1. The van der Waals surface area contributed by atoms with E-state index < -0.39 is 0 Å². The molecule has 6 nitrogen and oxygen atoms in total. The lowest BCUT2D eigenvalue weighted by atomic mass is 10.2. The van der Waals surface area contributed by atoms with Crippen LogP contribution in [0.15, 0.2) is 0 Å². The van der Waals surface area contributed by atoms with Crippen LogP contribution in [0.25, 0.3) is 10.2 Å². The average molecular weight is 308 g/mol. The van der Waals surface area contributed by atoms with Gasteiger partial charge in [0.1, 0.15) is 11.4 Å². The van der Waals surface area contributed by atoms with Gasteiger partial charge in [0, 0.05) is 11.5 Å². The first-order valence-electron chi connectivity index (χ1n) is 7.11. The van der Waals surface area contributed by atoms with Crippen molar-refractivity contribution >= 4 is 27.4 Å². The van der Waals surface area contributed by atoms with Gasteiger partial charge in [0.2, 0.25) is 0 Å². The Balaban J connectivity index is 1.76. The lowest BCUT2D eigenvalue weighted by molar-refractivity contribution is 0.00875. The van der Waals surface area contributed by atoms with Crippen LogP contribution in [0.2, 0.25) is 0 Å². The molecule has 1 fully saturated rings. The predicted octanol–water partition coefficient (Wildman–Crippen LogP) is 2.29. The Morgan fingerprint density at radius 2 is 2.29 bits per heavy atom. The minimum Gasteiger partial charge on any atom is -0.376 e. The molecule has 21 heavy (non-hydrogen) atoms. The van der Waals surface area contributed by atoms with E-state index in [1.807, 2.05) is 0 Å². The van der Waals surface area contributed by atoms with Gasteiger partial charge in [-0.25, -0.2) is 15.8 Å². The number of aryl methyl sites for hydroxylation is 2. The zero-order valence-corrected chi connectivity index (χ0v) is 13.1. The Morgan fingerprint density at radius 3 is 3.00 bits per heavy atom. The maximum absolute atomic E-state index is 5.68. The fourth-order valence-electron chi connectivity index (χ4n) is 2.52. The van der Waals surface area contributed by atoms with E-state index in [-0.39, 0.29) is 6.10 Å². The van der Waals surface area contributed by atoms with Crippen LogP contribution < -0.4 is 11.3 Å². The first kappa shape index (κ1) is 14.6. The Hall–Kier alpha value is -1.28. The normalized spacial score (nSPS) is 18.5. The lowest BCUT2D eigenvalue weighted by Crippen LogP contribution is -2.15. The quantitative estimate of drug-likeness (QED) is 0.651. The Bertz CT molecular complexity index is 637. The highest BCUT2D eigenvalue weighted by atomic mass is 32.1. The smallest absolute Gasteiger partial charge is 0.158 e. The summed E-state index contributed by atoms with van der Waals surface area (Å²) >= 11 is 1.65. The van der Waals surface area contributed by atoms with Crippen molar-refractivity contribution in [1.82, 2.24) is 9.97 Å². The predicted molar refractivity (Wildman–Crippen MR) is 83.3 cm³/mol. The van der Waals surface area contributed by atoms with E-state index in [0.717, 1.165) is 29.7 Å². The second-order valence-electron chi connectivity index (χ2n) is 5.25. The molecular formula is C14H20N4O2S. The molecule has 2 aromatic rings. The Kier molecular flexibility index (Phi) is 4.34. The third-order valence-corrected chi connectivity index (χ3v) is 4.87. The number of aromatic nitrogens is 2. The minimum atomic E-state index is 0.215. The van der Waals surface area contributed by atoms with Crippen LogP contribution in [-0.4, -0.2) is 29.3 Å². The van der Waals surface area contributed by atoms with Gasteiger partial charge in [-0.1, -0.05) is 0 Å². The van der Waals surface area contributed by atoms with Gasteiger partial charge >= 0.3 is 0 Å². The van der Waals surface area contributed by atoms with Crippen LogP contribution in [0, 0.1) is 13.8 Å². The summed E-state index contributed by atoms with van der Waals surface area (Å²) in [6.45, 7) is 5.95. The van der Waals surface area contributed by atoms with E-state index in [1.165, 1.54) is 10.4 Å². The highest BCUT2D eigenvalue weighted by molar-refractivity contribution is 7.18. The average Bonchev–Trinajstić information content (AvgIpc) is 3.08. The van der Waals surface area contributed by atoms with Crippen molar-refractivity contribution in [3.8, 4) is 0 Å². The minimum absolute atomic E-state index is 0.215. The van der Waals surface area contributed by atoms with E-state index in [9.17, 15) is 0 Å². The van der Waals surface area contributed by atoms with Gasteiger partial charge in [-0.05, 0) is 32.3 Å². The summed E-state index contributed by atoms with van der Waals surface area (Å²) in [7, 11) is 0. The molecule has 0 bridgehead atoms. The van der Waals surface area contributed by atoms with Gasteiger partial charge in [0.15, 0.2) is 11.6 Å². The van der Waals surface area contributed by atoms with Crippen LogP contribution >= 0.6 is 11.3 Å². The molecular weight excluding hydrogens is 288 g/mol. The Morgan fingerprint density at radius 1 is 1.43 bits per heavy atom. The zero-order chi connectivity index (χ0) is 14.8. The number of fused-ring (bicyclic) bond motifs is 1. The van der Waals surface area contributed by atoms with Crippen LogP contribution in [0.1, 0.15) is 29.1 Å². The molecule has 2 aromatic heterocycles. The van der Waals surface area contributed by atoms with Crippen molar-refractivity contribution in [3.63, 3.8) is 0 Å². The van der Waals surface area contributed by atoms with Crippen LogP contribution in [0.5, 0.6) is 0 Å². The van der Waals surface area contributed by atoms with Crippen molar-refractivity contribution in [2.75, 3.05) is 18.6 Å². The van der Waals surface area contributed by atoms with E-state index in [2.05, 4.69) is 29.2 Å². The van der Waals surface area contributed by atoms with Crippen molar-refractivity contribution in [2.45, 2.75) is 39.4 Å². The second-order valence-corrected chi connectivity index (χ2v) is 6.45. The second kappa shape index (κ2) is 6.23. The zero-order valence-electron chi connectivity index (χ0n) is 12.3. The lowest BCUT2D eigenvalue weighted by Gasteiger charge is -2.10. The summed E-state index contributed by atoms with van der Waals surface area (Å²) in [6.07, 6.45) is 2.40. The van der Waals surface area contributed by atoms with Gasteiger partial charge < -0.3 is 14.9 Å². The monoisotopic (exact) mass is 308 g/mol. The third-order valence-electron chi connectivity index (χ3n) is 3.77. The molecule has 0 aliphatic carbocycles. The molecule has 3 heterocycles. The van der Waals surface area contributed by atoms with Crippen molar-refractivity contribution in [1.29, 1.82) is 0 Å². The number of nitrogens with one attached hydrogen (secondary N) is 1. The molecule has 1 unspecified atom stereocenters. The van der Waals surface area contributed by atoms with E-state index in [4.69, 9.17) is 15.3 Å². The van der Waals surface area contributed by atoms with Crippen molar-refractivity contribution < 1.29 is 9.47 Å². The van der Waals surface area contributed by atoms with Crippen molar-refractivity contribution in [2.24, 2.45) is 5.84 Å². The number of hydrazine groups is 1. The number of hydrogen-bond donors (Lipinski definition) is 2. The van der Waals surface area contributed by atoms with Crippen LogP contribution in [-0.2, 0) is 16.1 Å². The van der Waals surface area contributed by atoms with Gasteiger partial charge in [0.05, 0.1) is 18.1 Å². The molecule has 1 aliphatic heterocycles. The molecule has 7 heteroatoms. The summed E-state index contributed by atoms with van der Waals surface area (Å²) in [5.41, 5.74) is 3.85. The van der Waals surface area contributed by atoms with E-state index in [1.54, 1.807) is 11.3 Å². The number of nitrogens with two attached hydrogens (primary N) is 1. The third kappa shape index (κ3) is 3.01. The van der Waals surface area contributed by atoms with Gasteiger partial charge in [-0.3, -0.25) is 0 Å². The molecule has 0 spiro atoms. The first-order valence-corrected chi connectivity index (χ1v) is 7.93. The molecule has 1 atom stereocenters. The molecule has 0 saturated carbocycles. The van der Waals surface area contributed by atoms with Crippen LogP contribution in [0.3, 0.4) is 0 Å². The Labute approximate surface area is 127 Å². The SMILES string of the molecule is Cc1sc2nc(COCC3CCCO3)nc(NN)c2c1C. The van der Waals surface area contributed by atoms with Gasteiger partial charge in [0.25, 0.3) is 0 Å². The number of nitrogens with zero attached hydrogens (tertiary/aromatic N) is 2. The van der Waals surface area contributed by atoms with Gasteiger partial charge in [-0.15, -0.1) is 11.3 Å².